The van der Waals surface area contributed by atoms with Crippen LogP contribution in [0.4, 0.5) is 0 Å². The summed E-state index contributed by atoms with van der Waals surface area (Å²) < 4.78 is 5.38. The van der Waals surface area contributed by atoms with Gasteiger partial charge in [0.15, 0.2) is 0 Å². The molecule has 0 heterocycles. The molecule has 2 heteroatoms. The molecule has 3 aliphatic rings. The van der Waals surface area contributed by atoms with Crippen LogP contribution < -0.4 is 0 Å². The first-order valence-electron chi connectivity index (χ1n) is 5.59. The molecule has 76 valence electrons. The predicted molar refractivity (Wildman–Crippen MR) is 52.5 cm³/mol. The molecule has 0 saturated heterocycles. The van der Waals surface area contributed by atoms with Crippen molar-refractivity contribution in [3.05, 3.63) is 12.2 Å². The summed E-state index contributed by atoms with van der Waals surface area (Å²) >= 11 is 0. The van der Waals surface area contributed by atoms with Crippen LogP contribution >= 0.6 is 0 Å². The number of esters is 1. The zero-order valence-electron chi connectivity index (χ0n) is 8.48. The first kappa shape index (κ1) is 8.51. The molecule has 0 aliphatic heterocycles. The van der Waals surface area contributed by atoms with Gasteiger partial charge in [0, 0.05) is 12.8 Å². The van der Waals surface area contributed by atoms with Gasteiger partial charge in [-0.3, -0.25) is 4.79 Å². The monoisotopic (exact) mass is 192 g/mol. The average Bonchev–Trinajstić information content (AvgIpc) is 2.68. The van der Waals surface area contributed by atoms with Crippen LogP contribution in [0.15, 0.2) is 12.2 Å². The Balaban J connectivity index is 1.76. The Bertz CT molecular complexity index is 295. The Morgan fingerprint density at radius 2 is 2.21 bits per heavy atom. The third-order valence-electron chi connectivity index (χ3n) is 4.27. The van der Waals surface area contributed by atoms with Gasteiger partial charge in [0.25, 0.3) is 0 Å². The lowest BCUT2D eigenvalue weighted by Gasteiger charge is -2.30. The van der Waals surface area contributed by atoms with Crippen molar-refractivity contribution >= 4 is 5.97 Å². The average molecular weight is 192 g/mol. The Morgan fingerprint density at radius 1 is 1.36 bits per heavy atom. The molecule has 0 spiro atoms. The smallest absolute Gasteiger partial charge is 0.302 e. The maximum Gasteiger partial charge on any atom is 0.302 e. The van der Waals surface area contributed by atoms with Crippen LogP contribution in [0.1, 0.15) is 26.2 Å². The first-order valence-corrected chi connectivity index (χ1v) is 5.59. The molecule has 3 aliphatic carbocycles. The molecule has 0 aromatic rings. The van der Waals surface area contributed by atoms with E-state index in [1.54, 1.807) is 0 Å². The molecule has 2 bridgehead atoms. The fourth-order valence-electron chi connectivity index (χ4n) is 3.83. The molecule has 0 unspecified atom stereocenters. The van der Waals surface area contributed by atoms with Gasteiger partial charge in [0.05, 0.1) is 0 Å². The van der Waals surface area contributed by atoms with Gasteiger partial charge in [-0.15, -0.1) is 0 Å². The number of carbonyl (C=O) groups is 1. The molecular formula is C12H16O2. The van der Waals surface area contributed by atoms with Gasteiger partial charge in [-0.1, -0.05) is 12.2 Å². The highest BCUT2D eigenvalue weighted by Gasteiger charge is 2.53. The molecule has 2 fully saturated rings. The van der Waals surface area contributed by atoms with Gasteiger partial charge >= 0.3 is 5.97 Å². The van der Waals surface area contributed by atoms with E-state index in [0.717, 1.165) is 24.2 Å². The minimum atomic E-state index is -0.110. The topological polar surface area (TPSA) is 26.3 Å². The predicted octanol–water partition coefficient (Wildman–Crippen LogP) is 2.15. The van der Waals surface area contributed by atoms with E-state index in [1.165, 1.54) is 19.8 Å². The van der Waals surface area contributed by atoms with E-state index in [1.807, 2.05) is 0 Å². The summed E-state index contributed by atoms with van der Waals surface area (Å²) in [6, 6.07) is 0. The van der Waals surface area contributed by atoms with Crippen LogP contribution in [0.3, 0.4) is 0 Å². The van der Waals surface area contributed by atoms with Crippen LogP contribution in [0.2, 0.25) is 0 Å². The second-order valence-electron chi connectivity index (χ2n) is 4.95. The normalized spacial score (nSPS) is 48.2. The van der Waals surface area contributed by atoms with Crippen molar-refractivity contribution in [2.75, 3.05) is 0 Å². The number of rotatable bonds is 1. The molecule has 2 nitrogen and oxygen atoms in total. The Hall–Kier alpha value is -0.790. The van der Waals surface area contributed by atoms with Crippen LogP contribution in [0.5, 0.6) is 0 Å². The number of carbonyl (C=O) groups excluding carboxylic acids is 1. The SMILES string of the molecule is CC(=O)O[C@H]1C[C@H]2C[C@@H]1[C@H]1C=CC[C@H]21. The Kier molecular flexibility index (Phi) is 1.73. The van der Waals surface area contributed by atoms with Gasteiger partial charge < -0.3 is 4.74 Å². The minimum Gasteiger partial charge on any atom is -0.462 e. The van der Waals surface area contributed by atoms with Crippen LogP contribution in [-0.4, -0.2) is 12.1 Å². The molecular weight excluding hydrogens is 176 g/mol. The first-order chi connectivity index (χ1) is 6.75. The van der Waals surface area contributed by atoms with E-state index in [9.17, 15) is 4.79 Å². The molecule has 0 N–H and O–H groups in total. The van der Waals surface area contributed by atoms with Crippen molar-refractivity contribution in [1.29, 1.82) is 0 Å². The highest BCUT2D eigenvalue weighted by molar-refractivity contribution is 5.66. The van der Waals surface area contributed by atoms with Gasteiger partial charge in [-0.25, -0.2) is 0 Å². The van der Waals surface area contributed by atoms with Crippen molar-refractivity contribution in [2.24, 2.45) is 23.7 Å². The van der Waals surface area contributed by atoms with Gasteiger partial charge in [-0.2, -0.15) is 0 Å². The van der Waals surface area contributed by atoms with E-state index in [-0.39, 0.29) is 12.1 Å². The Labute approximate surface area is 84.3 Å². The molecule has 5 atom stereocenters. The summed E-state index contributed by atoms with van der Waals surface area (Å²) in [6.07, 6.45) is 8.56. The van der Waals surface area contributed by atoms with Crippen molar-refractivity contribution in [2.45, 2.75) is 32.3 Å². The van der Waals surface area contributed by atoms with Gasteiger partial charge in [0.2, 0.25) is 0 Å². The lowest BCUT2D eigenvalue weighted by atomic mass is 9.80. The fourth-order valence-corrected chi connectivity index (χ4v) is 3.83. The van der Waals surface area contributed by atoms with Crippen molar-refractivity contribution in [3.63, 3.8) is 0 Å². The highest BCUT2D eigenvalue weighted by atomic mass is 16.5. The molecule has 14 heavy (non-hydrogen) atoms. The molecule has 0 aromatic heterocycles. The van der Waals surface area contributed by atoms with Crippen molar-refractivity contribution in [3.8, 4) is 0 Å². The zero-order chi connectivity index (χ0) is 9.71. The summed E-state index contributed by atoms with van der Waals surface area (Å²) in [4.78, 5) is 10.9. The van der Waals surface area contributed by atoms with Crippen LogP contribution in [0.25, 0.3) is 0 Å². The van der Waals surface area contributed by atoms with E-state index < -0.39 is 0 Å². The second-order valence-corrected chi connectivity index (χ2v) is 4.95. The standard InChI is InChI=1S/C12H16O2/c1-7(13)14-12-6-8-5-11(12)10-4-2-3-9(8)10/h2,4,8-12H,3,5-6H2,1H3/t8-,9-,10+,11-,12+/m1/s1. The maximum absolute atomic E-state index is 10.9. The number of ether oxygens (including phenoxy) is 1. The zero-order valence-corrected chi connectivity index (χ0v) is 8.48. The van der Waals surface area contributed by atoms with E-state index in [2.05, 4.69) is 12.2 Å². The summed E-state index contributed by atoms with van der Waals surface area (Å²) in [7, 11) is 0. The largest absolute Gasteiger partial charge is 0.462 e. The third-order valence-corrected chi connectivity index (χ3v) is 4.27. The highest BCUT2D eigenvalue weighted by Crippen LogP contribution is 2.57. The van der Waals surface area contributed by atoms with Crippen molar-refractivity contribution in [1.82, 2.24) is 0 Å². The van der Waals surface area contributed by atoms with Crippen LogP contribution in [-0.2, 0) is 9.53 Å². The number of allylic oxidation sites excluding steroid dienone is 2. The molecule has 0 radical (unpaired) electrons. The quantitative estimate of drug-likeness (QED) is 0.470. The summed E-state index contributed by atoms with van der Waals surface area (Å²) in [6.45, 7) is 1.52. The fraction of sp³-hybridized carbons (Fsp3) is 0.750. The number of hydrogen-bond acceptors (Lipinski definition) is 2. The molecule has 0 amide bonds. The van der Waals surface area contributed by atoms with Crippen LogP contribution in [0, 0.1) is 23.7 Å². The molecule has 3 rings (SSSR count). The Morgan fingerprint density at radius 3 is 3.00 bits per heavy atom. The number of fused-ring (bicyclic) bond motifs is 5. The van der Waals surface area contributed by atoms with Gasteiger partial charge in [0.1, 0.15) is 6.10 Å². The lowest BCUT2D eigenvalue weighted by molar-refractivity contribution is -0.149. The molecule has 0 aromatic carbocycles. The number of hydrogen-bond donors (Lipinski definition) is 0. The summed E-state index contributed by atoms with van der Waals surface area (Å²) in [5, 5.41) is 0. The molecule has 2 saturated carbocycles. The van der Waals surface area contributed by atoms with Crippen molar-refractivity contribution < 1.29 is 9.53 Å². The van der Waals surface area contributed by atoms with Gasteiger partial charge in [-0.05, 0) is 37.0 Å². The second kappa shape index (κ2) is 2.85. The summed E-state index contributed by atoms with van der Waals surface area (Å²) in [5.74, 6) is 2.95. The van der Waals surface area contributed by atoms with E-state index in [0.29, 0.717) is 5.92 Å². The third kappa shape index (κ3) is 1.06. The van der Waals surface area contributed by atoms with E-state index in [4.69, 9.17) is 4.74 Å². The maximum atomic E-state index is 10.9. The van der Waals surface area contributed by atoms with E-state index >= 15 is 0 Å². The lowest BCUT2D eigenvalue weighted by Crippen LogP contribution is -2.31. The minimum absolute atomic E-state index is 0.110. The summed E-state index contributed by atoms with van der Waals surface area (Å²) in [5.41, 5.74) is 0.